The van der Waals surface area contributed by atoms with E-state index in [2.05, 4.69) is 5.32 Å². The molecular formula is C14H14FNO3. The number of hydrogen-bond acceptors (Lipinski definition) is 3. The molecule has 0 fully saturated rings. The van der Waals surface area contributed by atoms with Crippen LogP contribution in [0.25, 0.3) is 0 Å². The van der Waals surface area contributed by atoms with Gasteiger partial charge in [-0.25, -0.2) is 9.18 Å². The minimum atomic E-state index is -1.00. The Kier molecular flexibility index (Phi) is 3.97. The van der Waals surface area contributed by atoms with E-state index in [1.807, 2.05) is 6.07 Å². The molecule has 1 aromatic heterocycles. The summed E-state index contributed by atoms with van der Waals surface area (Å²) in [6, 6.07) is 7.79. The molecule has 0 unspecified atom stereocenters. The standard InChI is InChI=1S/C14H14FNO3/c1-9-13(14(17)18)6-12(19-9)8-16-7-10-3-2-4-11(15)5-10/h2-6,16H,7-8H2,1H3,(H,17,18). The number of benzene rings is 1. The van der Waals surface area contributed by atoms with Gasteiger partial charge in [-0.05, 0) is 30.7 Å². The second-order valence-corrected chi connectivity index (χ2v) is 4.22. The average molecular weight is 263 g/mol. The van der Waals surface area contributed by atoms with E-state index in [0.29, 0.717) is 24.6 Å². The van der Waals surface area contributed by atoms with E-state index >= 15 is 0 Å². The van der Waals surface area contributed by atoms with Gasteiger partial charge in [0.1, 0.15) is 22.9 Å². The number of aromatic carboxylic acids is 1. The molecule has 0 bridgehead atoms. The Bertz CT molecular complexity index is 592. The quantitative estimate of drug-likeness (QED) is 0.870. The third-order valence-electron chi connectivity index (χ3n) is 2.72. The van der Waals surface area contributed by atoms with Crippen molar-refractivity contribution in [2.45, 2.75) is 20.0 Å². The van der Waals surface area contributed by atoms with Gasteiger partial charge in [0.15, 0.2) is 0 Å². The van der Waals surface area contributed by atoms with Gasteiger partial charge in [-0.2, -0.15) is 0 Å². The van der Waals surface area contributed by atoms with E-state index in [-0.39, 0.29) is 11.4 Å². The van der Waals surface area contributed by atoms with Crippen molar-refractivity contribution >= 4 is 5.97 Å². The number of aryl methyl sites for hydroxylation is 1. The van der Waals surface area contributed by atoms with Gasteiger partial charge in [-0.15, -0.1) is 0 Å². The predicted octanol–water partition coefficient (Wildman–Crippen LogP) is 2.72. The fraction of sp³-hybridized carbons (Fsp3) is 0.214. The van der Waals surface area contributed by atoms with E-state index in [1.54, 1.807) is 13.0 Å². The number of furan rings is 1. The van der Waals surface area contributed by atoms with Crippen LogP contribution in [0.4, 0.5) is 4.39 Å². The second kappa shape index (κ2) is 5.67. The van der Waals surface area contributed by atoms with Crippen molar-refractivity contribution in [1.29, 1.82) is 0 Å². The predicted molar refractivity (Wildman–Crippen MR) is 67.3 cm³/mol. The molecule has 2 N–H and O–H groups in total. The van der Waals surface area contributed by atoms with E-state index in [0.717, 1.165) is 5.56 Å². The van der Waals surface area contributed by atoms with Gasteiger partial charge in [-0.1, -0.05) is 12.1 Å². The minimum absolute atomic E-state index is 0.169. The van der Waals surface area contributed by atoms with Crippen molar-refractivity contribution in [1.82, 2.24) is 5.32 Å². The van der Waals surface area contributed by atoms with Crippen molar-refractivity contribution in [2.75, 3.05) is 0 Å². The molecule has 0 saturated carbocycles. The largest absolute Gasteiger partial charge is 0.478 e. The first-order valence-corrected chi connectivity index (χ1v) is 5.84. The van der Waals surface area contributed by atoms with Gasteiger partial charge < -0.3 is 14.8 Å². The van der Waals surface area contributed by atoms with Crippen LogP contribution in [-0.2, 0) is 13.1 Å². The van der Waals surface area contributed by atoms with Crippen LogP contribution in [0.2, 0.25) is 0 Å². The van der Waals surface area contributed by atoms with Crippen LogP contribution in [-0.4, -0.2) is 11.1 Å². The van der Waals surface area contributed by atoms with Crippen molar-refractivity contribution in [3.05, 3.63) is 58.8 Å². The second-order valence-electron chi connectivity index (χ2n) is 4.22. The SMILES string of the molecule is Cc1oc(CNCc2cccc(F)c2)cc1C(=O)O. The minimum Gasteiger partial charge on any atom is -0.478 e. The van der Waals surface area contributed by atoms with Crippen LogP contribution >= 0.6 is 0 Å². The summed E-state index contributed by atoms with van der Waals surface area (Å²) < 4.78 is 18.3. The number of carboxylic acid groups (broad SMARTS) is 1. The third kappa shape index (κ3) is 3.42. The molecule has 0 spiro atoms. The van der Waals surface area contributed by atoms with E-state index < -0.39 is 5.97 Å². The maximum atomic E-state index is 13.0. The Morgan fingerprint density at radius 3 is 2.79 bits per heavy atom. The summed E-state index contributed by atoms with van der Waals surface area (Å²) in [7, 11) is 0. The van der Waals surface area contributed by atoms with E-state index in [4.69, 9.17) is 9.52 Å². The summed E-state index contributed by atoms with van der Waals surface area (Å²) >= 11 is 0. The lowest BCUT2D eigenvalue weighted by Gasteiger charge is -2.02. The van der Waals surface area contributed by atoms with E-state index in [9.17, 15) is 9.18 Å². The Balaban J connectivity index is 1.92. The number of carbonyl (C=O) groups is 1. The third-order valence-corrected chi connectivity index (χ3v) is 2.72. The average Bonchev–Trinajstić information content (AvgIpc) is 2.71. The molecule has 4 nitrogen and oxygen atoms in total. The summed E-state index contributed by atoms with van der Waals surface area (Å²) in [5, 5.41) is 12.0. The smallest absolute Gasteiger partial charge is 0.339 e. The zero-order valence-electron chi connectivity index (χ0n) is 10.4. The van der Waals surface area contributed by atoms with Crippen molar-refractivity contribution in [2.24, 2.45) is 0 Å². The highest BCUT2D eigenvalue weighted by Crippen LogP contribution is 2.14. The molecule has 100 valence electrons. The Hall–Kier alpha value is -2.14. The van der Waals surface area contributed by atoms with Gasteiger partial charge in [0.25, 0.3) is 0 Å². The van der Waals surface area contributed by atoms with Gasteiger partial charge in [0.2, 0.25) is 0 Å². The summed E-state index contributed by atoms with van der Waals surface area (Å²) in [6.07, 6.45) is 0. The lowest BCUT2D eigenvalue weighted by Crippen LogP contribution is -2.12. The zero-order chi connectivity index (χ0) is 13.8. The van der Waals surface area contributed by atoms with Crippen molar-refractivity contribution in [3.63, 3.8) is 0 Å². The first-order valence-electron chi connectivity index (χ1n) is 5.84. The molecule has 0 atom stereocenters. The van der Waals surface area contributed by atoms with Crippen LogP contribution in [0.3, 0.4) is 0 Å². The number of halogens is 1. The monoisotopic (exact) mass is 263 g/mol. The number of nitrogens with one attached hydrogen (secondary N) is 1. The fourth-order valence-corrected chi connectivity index (χ4v) is 1.82. The van der Waals surface area contributed by atoms with Crippen LogP contribution in [0.1, 0.15) is 27.4 Å². The molecule has 2 aromatic rings. The van der Waals surface area contributed by atoms with E-state index in [1.165, 1.54) is 18.2 Å². The van der Waals surface area contributed by atoms with Gasteiger partial charge in [0.05, 0.1) is 6.54 Å². The summed E-state index contributed by atoms with van der Waals surface area (Å²) in [5.74, 6) is -0.347. The Labute approximate surface area is 109 Å². The van der Waals surface area contributed by atoms with Gasteiger partial charge >= 0.3 is 5.97 Å². The maximum Gasteiger partial charge on any atom is 0.339 e. The molecule has 1 heterocycles. The Morgan fingerprint density at radius 1 is 1.37 bits per heavy atom. The lowest BCUT2D eigenvalue weighted by atomic mass is 10.2. The summed E-state index contributed by atoms with van der Waals surface area (Å²) in [6.45, 7) is 2.49. The molecule has 0 aliphatic heterocycles. The molecule has 2 rings (SSSR count). The van der Waals surface area contributed by atoms with Crippen LogP contribution in [0.15, 0.2) is 34.7 Å². The molecular weight excluding hydrogens is 249 g/mol. The summed E-state index contributed by atoms with van der Waals surface area (Å²) in [5.41, 5.74) is 0.990. The highest BCUT2D eigenvalue weighted by atomic mass is 19.1. The topological polar surface area (TPSA) is 62.5 Å². The first kappa shape index (κ1) is 13.3. The number of rotatable bonds is 5. The highest BCUT2D eigenvalue weighted by molar-refractivity contribution is 5.88. The van der Waals surface area contributed by atoms with Crippen LogP contribution in [0, 0.1) is 12.7 Å². The molecule has 0 aliphatic carbocycles. The molecule has 0 amide bonds. The molecule has 19 heavy (non-hydrogen) atoms. The van der Waals surface area contributed by atoms with Gasteiger partial charge in [-0.3, -0.25) is 0 Å². The molecule has 0 aliphatic rings. The van der Waals surface area contributed by atoms with Crippen molar-refractivity contribution in [3.8, 4) is 0 Å². The number of hydrogen-bond donors (Lipinski definition) is 2. The normalized spacial score (nSPS) is 10.6. The highest BCUT2D eigenvalue weighted by Gasteiger charge is 2.13. The number of carboxylic acids is 1. The maximum absolute atomic E-state index is 13.0. The molecule has 1 aromatic carbocycles. The molecule has 0 saturated heterocycles. The molecule has 0 radical (unpaired) electrons. The lowest BCUT2D eigenvalue weighted by molar-refractivity contribution is 0.0695. The first-order chi connectivity index (χ1) is 9.06. The van der Waals surface area contributed by atoms with Gasteiger partial charge in [0, 0.05) is 6.54 Å². The van der Waals surface area contributed by atoms with Crippen molar-refractivity contribution < 1.29 is 18.7 Å². The Morgan fingerprint density at radius 2 is 2.16 bits per heavy atom. The zero-order valence-corrected chi connectivity index (χ0v) is 10.4. The fourth-order valence-electron chi connectivity index (χ4n) is 1.82. The van der Waals surface area contributed by atoms with Crippen LogP contribution in [0.5, 0.6) is 0 Å². The molecule has 5 heteroatoms. The van der Waals surface area contributed by atoms with Crippen LogP contribution < -0.4 is 5.32 Å². The summed E-state index contributed by atoms with van der Waals surface area (Å²) in [4.78, 5) is 10.8.